The van der Waals surface area contributed by atoms with Crippen molar-refractivity contribution < 1.29 is 23.1 Å². The summed E-state index contributed by atoms with van der Waals surface area (Å²) in [5.41, 5.74) is 1.67. The van der Waals surface area contributed by atoms with Gasteiger partial charge in [0.25, 0.3) is 0 Å². The summed E-state index contributed by atoms with van der Waals surface area (Å²) >= 11 is 0. The van der Waals surface area contributed by atoms with Crippen molar-refractivity contribution in [3.05, 3.63) is 29.3 Å². The number of nitrogens with zero attached hydrogens (tertiary/aromatic N) is 1. The highest BCUT2D eigenvalue weighted by atomic mass is 32.2. The number of rotatable bonds is 6. The molecule has 6 nitrogen and oxygen atoms in total. The molecule has 0 amide bonds. The van der Waals surface area contributed by atoms with Crippen LogP contribution in [0.25, 0.3) is 0 Å². The van der Waals surface area contributed by atoms with Gasteiger partial charge in [-0.2, -0.15) is 4.31 Å². The molecule has 0 aliphatic rings. The van der Waals surface area contributed by atoms with E-state index >= 15 is 0 Å². The van der Waals surface area contributed by atoms with Crippen LogP contribution in [0.1, 0.15) is 11.1 Å². The Kier molecular flexibility index (Phi) is 4.90. The summed E-state index contributed by atoms with van der Waals surface area (Å²) in [7, 11) is -0.970. The highest BCUT2D eigenvalue weighted by Crippen LogP contribution is 2.21. The smallest absolute Gasteiger partial charge is 0.320 e. The molecule has 0 spiro atoms. The Hall–Kier alpha value is -1.60. The van der Waals surface area contributed by atoms with E-state index in [1.54, 1.807) is 6.07 Å². The highest BCUT2D eigenvalue weighted by Gasteiger charge is 2.22. The number of sulfonamides is 1. The van der Waals surface area contributed by atoms with E-state index in [2.05, 4.69) is 0 Å². The summed E-state index contributed by atoms with van der Waals surface area (Å²) < 4.78 is 29.6. The number of aliphatic carboxylic acids is 1. The van der Waals surface area contributed by atoms with Crippen LogP contribution in [0.5, 0.6) is 5.75 Å². The third kappa shape index (κ3) is 4.22. The maximum Gasteiger partial charge on any atom is 0.320 e. The van der Waals surface area contributed by atoms with Crippen molar-refractivity contribution in [3.8, 4) is 5.75 Å². The third-order valence-corrected chi connectivity index (χ3v) is 4.30. The van der Waals surface area contributed by atoms with E-state index in [-0.39, 0.29) is 6.54 Å². The van der Waals surface area contributed by atoms with E-state index in [1.807, 2.05) is 19.1 Å². The number of carbonyl (C=O) groups is 1. The highest BCUT2D eigenvalue weighted by molar-refractivity contribution is 7.89. The molecule has 19 heavy (non-hydrogen) atoms. The van der Waals surface area contributed by atoms with Crippen LogP contribution in [0.4, 0.5) is 0 Å². The number of hydrogen-bond acceptors (Lipinski definition) is 4. The van der Waals surface area contributed by atoms with Crippen LogP contribution in [0.3, 0.4) is 0 Å². The van der Waals surface area contributed by atoms with Gasteiger partial charge in [0.2, 0.25) is 10.0 Å². The lowest BCUT2D eigenvalue weighted by atomic mass is 10.1. The summed E-state index contributed by atoms with van der Waals surface area (Å²) in [6.45, 7) is 1.95. The largest absolute Gasteiger partial charge is 0.496 e. The third-order valence-electron chi connectivity index (χ3n) is 2.61. The van der Waals surface area contributed by atoms with Gasteiger partial charge in [0.15, 0.2) is 5.75 Å². The van der Waals surface area contributed by atoms with Gasteiger partial charge in [-0.3, -0.25) is 4.79 Å². The fraction of sp³-hybridized carbons (Fsp3) is 0.417. The predicted octanol–water partition coefficient (Wildman–Crippen LogP) is 0.850. The Bertz CT molecular complexity index is 567. The van der Waals surface area contributed by atoms with Crippen LogP contribution in [-0.2, 0) is 21.4 Å². The van der Waals surface area contributed by atoms with E-state index in [9.17, 15) is 13.2 Å². The minimum absolute atomic E-state index is 0.0699. The number of ether oxygens (including phenoxy) is 1. The summed E-state index contributed by atoms with van der Waals surface area (Å²) in [4.78, 5) is 10.5. The van der Waals surface area contributed by atoms with Crippen molar-refractivity contribution in [2.24, 2.45) is 0 Å². The van der Waals surface area contributed by atoms with E-state index < -0.39 is 21.7 Å². The van der Waals surface area contributed by atoms with Crippen molar-refractivity contribution >= 4 is 16.0 Å². The summed E-state index contributed by atoms with van der Waals surface area (Å²) in [5, 5.41) is 8.58. The molecular formula is C12H17NO5S. The van der Waals surface area contributed by atoms with Crippen molar-refractivity contribution in [1.29, 1.82) is 0 Å². The zero-order chi connectivity index (χ0) is 14.6. The molecule has 0 heterocycles. The first-order chi connectivity index (χ1) is 8.76. The number of aryl methyl sites for hydroxylation is 1. The lowest BCUT2D eigenvalue weighted by Gasteiger charge is -2.18. The summed E-state index contributed by atoms with van der Waals surface area (Å²) in [6.07, 6.45) is 0. The normalized spacial score (nSPS) is 11.6. The second-order valence-corrected chi connectivity index (χ2v) is 6.30. The Labute approximate surface area is 112 Å². The molecule has 1 rings (SSSR count). The minimum atomic E-state index is -3.82. The Balaban J connectivity index is 2.96. The Morgan fingerprint density at radius 1 is 1.42 bits per heavy atom. The SMILES string of the molecule is COc1ccc(C)cc1CN(C)S(=O)(=O)CC(=O)O. The van der Waals surface area contributed by atoms with E-state index in [1.165, 1.54) is 14.2 Å². The number of hydrogen-bond donors (Lipinski definition) is 1. The van der Waals surface area contributed by atoms with Crippen molar-refractivity contribution in [3.63, 3.8) is 0 Å². The molecule has 1 aromatic rings. The van der Waals surface area contributed by atoms with Gasteiger partial charge in [0.1, 0.15) is 5.75 Å². The van der Waals surface area contributed by atoms with Gasteiger partial charge in [-0.15, -0.1) is 0 Å². The quantitative estimate of drug-likeness (QED) is 0.838. The first kappa shape index (κ1) is 15.5. The molecule has 0 bridgehead atoms. The number of methoxy groups -OCH3 is 1. The number of carboxylic acid groups (broad SMARTS) is 1. The van der Waals surface area contributed by atoms with Crippen LogP contribution in [-0.4, -0.2) is 43.7 Å². The van der Waals surface area contributed by atoms with Gasteiger partial charge >= 0.3 is 5.97 Å². The van der Waals surface area contributed by atoms with Gasteiger partial charge in [-0.05, 0) is 13.0 Å². The van der Waals surface area contributed by atoms with Crippen LogP contribution >= 0.6 is 0 Å². The Morgan fingerprint density at radius 3 is 2.58 bits per heavy atom. The molecule has 0 aliphatic heterocycles. The van der Waals surface area contributed by atoms with Gasteiger partial charge in [0, 0.05) is 19.2 Å². The maximum absolute atomic E-state index is 11.7. The molecule has 0 aliphatic carbocycles. The maximum atomic E-state index is 11.7. The monoisotopic (exact) mass is 287 g/mol. The lowest BCUT2D eigenvalue weighted by Crippen LogP contribution is -2.32. The number of carboxylic acids is 1. The molecular weight excluding hydrogens is 270 g/mol. The molecule has 106 valence electrons. The molecule has 0 fully saturated rings. The molecule has 0 radical (unpaired) electrons. The summed E-state index contributed by atoms with van der Waals surface area (Å²) in [5.74, 6) is -1.72. The van der Waals surface area contributed by atoms with Gasteiger partial charge < -0.3 is 9.84 Å². The lowest BCUT2D eigenvalue weighted by molar-refractivity contribution is -0.134. The van der Waals surface area contributed by atoms with Crippen LogP contribution in [0, 0.1) is 6.92 Å². The van der Waals surface area contributed by atoms with Crippen LogP contribution < -0.4 is 4.74 Å². The molecule has 0 aromatic heterocycles. The Morgan fingerprint density at radius 2 is 2.05 bits per heavy atom. The molecule has 7 heteroatoms. The minimum Gasteiger partial charge on any atom is -0.496 e. The number of benzene rings is 1. The molecule has 0 saturated heterocycles. The van der Waals surface area contributed by atoms with Crippen LogP contribution in [0.15, 0.2) is 18.2 Å². The average Bonchev–Trinajstić information content (AvgIpc) is 2.27. The first-order valence-corrected chi connectivity index (χ1v) is 7.16. The van der Waals surface area contributed by atoms with E-state index in [4.69, 9.17) is 9.84 Å². The zero-order valence-corrected chi connectivity index (χ0v) is 11.9. The first-order valence-electron chi connectivity index (χ1n) is 5.55. The van der Waals surface area contributed by atoms with E-state index in [0.717, 1.165) is 9.87 Å². The van der Waals surface area contributed by atoms with E-state index in [0.29, 0.717) is 11.3 Å². The molecule has 1 N–H and O–H groups in total. The van der Waals surface area contributed by atoms with Gasteiger partial charge in [-0.25, -0.2) is 8.42 Å². The van der Waals surface area contributed by atoms with Crippen molar-refractivity contribution in [1.82, 2.24) is 4.31 Å². The van der Waals surface area contributed by atoms with Crippen molar-refractivity contribution in [2.75, 3.05) is 19.9 Å². The second-order valence-electron chi connectivity index (χ2n) is 4.22. The topological polar surface area (TPSA) is 83.9 Å². The zero-order valence-electron chi connectivity index (χ0n) is 11.1. The second kappa shape index (κ2) is 6.03. The standard InChI is InChI=1S/C12H17NO5S/c1-9-4-5-11(18-3)10(6-9)7-13(2)19(16,17)8-12(14)15/h4-6H,7-8H2,1-3H3,(H,14,15). The van der Waals surface area contributed by atoms with Gasteiger partial charge in [0.05, 0.1) is 7.11 Å². The van der Waals surface area contributed by atoms with Crippen LogP contribution in [0.2, 0.25) is 0 Å². The average molecular weight is 287 g/mol. The summed E-state index contributed by atoms with van der Waals surface area (Å²) in [6, 6.07) is 5.42. The fourth-order valence-corrected chi connectivity index (χ4v) is 2.50. The molecule has 0 atom stereocenters. The molecule has 1 aromatic carbocycles. The fourth-order valence-electron chi connectivity index (χ4n) is 1.64. The predicted molar refractivity (Wildman–Crippen MR) is 70.6 cm³/mol. The molecule has 0 saturated carbocycles. The van der Waals surface area contributed by atoms with Gasteiger partial charge in [-0.1, -0.05) is 17.7 Å². The molecule has 0 unspecified atom stereocenters. The van der Waals surface area contributed by atoms with Crippen molar-refractivity contribution in [2.45, 2.75) is 13.5 Å².